The van der Waals surface area contributed by atoms with Crippen molar-refractivity contribution >= 4 is 34.0 Å². The lowest BCUT2D eigenvalue weighted by Gasteiger charge is -2.46. The van der Waals surface area contributed by atoms with Gasteiger partial charge in [-0.05, 0) is 65.7 Å². The number of benzene rings is 2. The Morgan fingerprint density at radius 3 is 2.67 bits per heavy atom. The molecule has 0 aliphatic carbocycles. The molecular weight excluding hydrogens is 366 g/mol. The van der Waals surface area contributed by atoms with Crippen LogP contribution in [0.5, 0.6) is 5.75 Å². The van der Waals surface area contributed by atoms with E-state index in [1.807, 2.05) is 6.07 Å². The van der Waals surface area contributed by atoms with Crippen LogP contribution in [0.15, 0.2) is 46.9 Å². The second-order valence-electron chi connectivity index (χ2n) is 6.87. The fourth-order valence-electron chi connectivity index (χ4n) is 3.93. The lowest BCUT2D eigenvalue weighted by molar-refractivity contribution is 0.0573. The van der Waals surface area contributed by atoms with Crippen LogP contribution in [0.4, 0.5) is 5.69 Å². The Morgan fingerprint density at radius 1 is 1.21 bits per heavy atom. The summed E-state index contributed by atoms with van der Waals surface area (Å²) in [7, 11) is 2.07. The van der Waals surface area contributed by atoms with Crippen molar-refractivity contribution in [1.29, 1.82) is 0 Å². The summed E-state index contributed by atoms with van der Waals surface area (Å²) in [5, 5.41) is 0. The van der Waals surface area contributed by atoms with E-state index in [2.05, 4.69) is 78.1 Å². The van der Waals surface area contributed by atoms with Gasteiger partial charge in [-0.2, -0.15) is 0 Å². The van der Waals surface area contributed by atoms with Gasteiger partial charge in [-0.25, -0.2) is 0 Å². The van der Waals surface area contributed by atoms with Crippen LogP contribution in [0.3, 0.4) is 0 Å². The molecule has 0 radical (unpaired) electrons. The van der Waals surface area contributed by atoms with Crippen molar-refractivity contribution in [2.45, 2.75) is 25.0 Å². The van der Waals surface area contributed by atoms with E-state index in [1.165, 1.54) is 11.3 Å². The van der Waals surface area contributed by atoms with Gasteiger partial charge in [0.2, 0.25) is 5.72 Å². The van der Waals surface area contributed by atoms with Crippen molar-refractivity contribution in [2.24, 2.45) is 0 Å². The van der Waals surface area contributed by atoms with E-state index >= 15 is 0 Å². The average molecular weight is 384 g/mol. The summed E-state index contributed by atoms with van der Waals surface area (Å²) in [6.45, 7) is 4.41. The predicted octanol–water partition coefficient (Wildman–Crippen LogP) is 4.79. The molecule has 4 heteroatoms. The van der Waals surface area contributed by atoms with Gasteiger partial charge in [0, 0.05) is 23.9 Å². The van der Waals surface area contributed by atoms with Gasteiger partial charge in [-0.1, -0.05) is 18.2 Å². The molecule has 2 heterocycles. The van der Waals surface area contributed by atoms with E-state index in [0.29, 0.717) is 5.56 Å². The molecule has 3 nitrogen and oxygen atoms in total. The molecule has 2 aliphatic heterocycles. The van der Waals surface area contributed by atoms with E-state index < -0.39 is 5.72 Å². The molecule has 4 rings (SSSR count). The molecule has 1 spiro atoms. The summed E-state index contributed by atoms with van der Waals surface area (Å²) in [5.74, 6) is 0.774. The largest absolute Gasteiger partial charge is 0.462 e. The number of ether oxygens (including phenoxy) is 1. The first-order chi connectivity index (χ1) is 11.4. The van der Waals surface area contributed by atoms with Gasteiger partial charge in [0.1, 0.15) is 12.0 Å². The number of anilines is 1. The first-order valence-corrected chi connectivity index (χ1v) is 8.70. The van der Waals surface area contributed by atoms with Gasteiger partial charge in [-0.15, -0.1) is 0 Å². The molecule has 0 saturated heterocycles. The van der Waals surface area contributed by atoms with Crippen LogP contribution in [0.25, 0.3) is 6.08 Å². The Balaban J connectivity index is 1.90. The van der Waals surface area contributed by atoms with Gasteiger partial charge in [0.15, 0.2) is 0 Å². The third kappa shape index (κ3) is 1.80. The Morgan fingerprint density at radius 2 is 1.96 bits per heavy atom. The number of hydrogen-bond donors (Lipinski definition) is 0. The minimum absolute atomic E-state index is 0.227. The molecule has 122 valence electrons. The molecule has 0 fully saturated rings. The van der Waals surface area contributed by atoms with Crippen molar-refractivity contribution in [3.05, 3.63) is 63.6 Å². The molecule has 0 aromatic heterocycles. The van der Waals surface area contributed by atoms with Gasteiger partial charge in [-0.3, -0.25) is 4.79 Å². The zero-order chi connectivity index (χ0) is 17.1. The number of carbonyl (C=O) groups is 1. The number of para-hydroxylation sites is 1. The monoisotopic (exact) mass is 383 g/mol. The predicted molar refractivity (Wildman–Crippen MR) is 99.8 cm³/mol. The molecule has 1 atom stereocenters. The van der Waals surface area contributed by atoms with Gasteiger partial charge in [0.05, 0.1) is 9.89 Å². The van der Waals surface area contributed by atoms with Gasteiger partial charge in [0.25, 0.3) is 0 Å². The first kappa shape index (κ1) is 15.5. The number of halogens is 1. The van der Waals surface area contributed by atoms with Crippen molar-refractivity contribution in [3.8, 4) is 5.75 Å². The van der Waals surface area contributed by atoms with E-state index in [4.69, 9.17) is 4.74 Å². The van der Waals surface area contributed by atoms with Gasteiger partial charge < -0.3 is 9.64 Å². The van der Waals surface area contributed by atoms with Crippen molar-refractivity contribution in [1.82, 2.24) is 0 Å². The highest BCUT2D eigenvalue weighted by Gasteiger charge is 2.57. The minimum atomic E-state index is -0.602. The van der Waals surface area contributed by atoms with Crippen molar-refractivity contribution in [3.63, 3.8) is 0 Å². The zero-order valence-electron chi connectivity index (χ0n) is 13.8. The molecule has 2 aromatic rings. The highest BCUT2D eigenvalue weighted by molar-refractivity contribution is 9.10. The number of fused-ring (bicyclic) bond motifs is 2. The Hall–Kier alpha value is -2.07. The van der Waals surface area contributed by atoms with Crippen LogP contribution in [0.2, 0.25) is 0 Å². The van der Waals surface area contributed by atoms with Crippen LogP contribution in [-0.2, 0) is 5.41 Å². The number of aldehydes is 1. The molecule has 0 saturated carbocycles. The summed E-state index contributed by atoms with van der Waals surface area (Å²) in [5.41, 5.74) is 3.16. The van der Waals surface area contributed by atoms with Crippen LogP contribution >= 0.6 is 15.9 Å². The fraction of sp³-hybridized carbons (Fsp3) is 0.250. The lowest BCUT2D eigenvalue weighted by atomic mass is 9.76. The smallest absolute Gasteiger partial charge is 0.211 e. The standard InChI is InChI=1S/C20H18BrNO2/c1-19(2)15-6-4-5-7-17(15)22(3)20(19)9-8-14-10-13(12-23)11-16(21)18(14)24-20/h4-12H,1-3H3/t20-/m0/s1. The molecule has 0 amide bonds. The average Bonchev–Trinajstić information content (AvgIpc) is 2.75. The second kappa shape index (κ2) is 4.96. The lowest BCUT2D eigenvalue weighted by Crippen LogP contribution is -2.58. The van der Waals surface area contributed by atoms with Gasteiger partial charge >= 0.3 is 0 Å². The number of carbonyl (C=O) groups excluding carboxylic acids is 1. The van der Waals surface area contributed by atoms with Crippen LogP contribution in [-0.4, -0.2) is 19.1 Å². The van der Waals surface area contributed by atoms with Crippen LogP contribution in [0, 0.1) is 0 Å². The topological polar surface area (TPSA) is 29.5 Å². The Kier molecular flexibility index (Phi) is 3.20. The molecule has 2 aromatic carbocycles. The molecule has 0 bridgehead atoms. The highest BCUT2D eigenvalue weighted by atomic mass is 79.9. The first-order valence-electron chi connectivity index (χ1n) is 7.91. The maximum absolute atomic E-state index is 11.1. The quantitative estimate of drug-likeness (QED) is 0.662. The second-order valence-corrected chi connectivity index (χ2v) is 7.73. The zero-order valence-corrected chi connectivity index (χ0v) is 15.4. The van der Waals surface area contributed by atoms with Crippen molar-refractivity contribution in [2.75, 3.05) is 11.9 Å². The Bertz CT molecular complexity index is 887. The Labute approximate surface area is 150 Å². The van der Waals surface area contributed by atoms with Crippen molar-refractivity contribution < 1.29 is 9.53 Å². The van der Waals surface area contributed by atoms with Crippen LogP contribution in [0.1, 0.15) is 35.3 Å². The fourth-order valence-corrected chi connectivity index (χ4v) is 4.50. The number of nitrogens with zero attached hydrogens (tertiary/aromatic N) is 1. The van der Waals surface area contributed by atoms with E-state index in [0.717, 1.165) is 22.1 Å². The summed E-state index contributed by atoms with van der Waals surface area (Å²) in [6.07, 6.45) is 5.02. The summed E-state index contributed by atoms with van der Waals surface area (Å²) in [4.78, 5) is 13.3. The third-order valence-electron chi connectivity index (χ3n) is 5.31. The van der Waals surface area contributed by atoms with E-state index in [9.17, 15) is 4.79 Å². The normalized spacial score (nSPS) is 22.9. The summed E-state index contributed by atoms with van der Waals surface area (Å²) in [6, 6.07) is 12.1. The highest BCUT2D eigenvalue weighted by Crippen LogP contribution is 2.54. The number of likely N-dealkylation sites (N-methyl/N-ethyl adjacent to an activating group) is 1. The minimum Gasteiger partial charge on any atom is -0.462 e. The third-order valence-corrected chi connectivity index (χ3v) is 5.90. The maximum Gasteiger partial charge on any atom is 0.211 e. The maximum atomic E-state index is 11.1. The summed E-state index contributed by atoms with van der Waals surface area (Å²) >= 11 is 3.56. The van der Waals surface area contributed by atoms with E-state index in [1.54, 1.807) is 6.07 Å². The SMILES string of the molecule is CN1c2ccccc2C(C)(C)[C@@]12C=Cc1cc(C=O)cc(Br)c1O2. The van der Waals surface area contributed by atoms with Crippen LogP contribution < -0.4 is 9.64 Å². The molecular formula is C20H18BrNO2. The molecule has 0 N–H and O–H groups in total. The number of rotatable bonds is 1. The molecule has 0 unspecified atom stereocenters. The molecule has 24 heavy (non-hydrogen) atoms. The number of hydrogen-bond acceptors (Lipinski definition) is 3. The summed E-state index contributed by atoms with van der Waals surface area (Å²) < 4.78 is 7.39. The molecule has 2 aliphatic rings. The van der Waals surface area contributed by atoms with E-state index in [-0.39, 0.29) is 5.41 Å².